The molecule has 0 saturated heterocycles. The zero-order chi connectivity index (χ0) is 18.7. The van der Waals surface area contributed by atoms with E-state index in [9.17, 15) is 9.59 Å². The molecule has 2 aromatic heterocycles. The van der Waals surface area contributed by atoms with E-state index in [1.807, 2.05) is 17.5 Å². The fourth-order valence-corrected chi connectivity index (χ4v) is 3.13. The van der Waals surface area contributed by atoms with Crippen molar-refractivity contribution in [3.63, 3.8) is 0 Å². The van der Waals surface area contributed by atoms with E-state index in [0.29, 0.717) is 21.7 Å². The van der Waals surface area contributed by atoms with Gasteiger partial charge in [-0.05, 0) is 26.0 Å². The smallest absolute Gasteiger partial charge is 0.397 e. The van der Waals surface area contributed by atoms with E-state index in [1.165, 1.54) is 16.0 Å². The van der Waals surface area contributed by atoms with E-state index < -0.39 is 11.9 Å². The Hall–Kier alpha value is -2.71. The van der Waals surface area contributed by atoms with E-state index in [-0.39, 0.29) is 6.61 Å². The number of nitrogens with one attached hydrogen (secondary N) is 1. The Morgan fingerprint density at radius 2 is 2.04 bits per heavy atom. The number of hydrogen-bond donors (Lipinski definition) is 1. The summed E-state index contributed by atoms with van der Waals surface area (Å²) in [5, 5.41) is 9.93. The second-order valence-electron chi connectivity index (χ2n) is 5.28. The van der Waals surface area contributed by atoms with Gasteiger partial charge in [0.05, 0.1) is 18.0 Å². The van der Waals surface area contributed by atoms with Crippen LogP contribution in [0.25, 0.3) is 16.4 Å². The van der Waals surface area contributed by atoms with E-state index in [4.69, 9.17) is 16.3 Å². The molecular formula is C17H15ClN4O3S. The topological polar surface area (TPSA) is 86.1 Å². The molecule has 3 rings (SSSR count). The third-order valence-electron chi connectivity index (χ3n) is 3.35. The first-order valence-electron chi connectivity index (χ1n) is 7.74. The van der Waals surface area contributed by atoms with Crippen LogP contribution in [0.15, 0.2) is 35.7 Å². The van der Waals surface area contributed by atoms with Crippen molar-refractivity contribution in [2.45, 2.75) is 13.8 Å². The van der Waals surface area contributed by atoms with Gasteiger partial charge in [-0.3, -0.25) is 4.79 Å². The van der Waals surface area contributed by atoms with Crippen molar-refractivity contribution in [1.29, 1.82) is 0 Å². The predicted octanol–water partition coefficient (Wildman–Crippen LogP) is 3.46. The Labute approximate surface area is 158 Å². The lowest BCUT2D eigenvalue weighted by atomic mass is 10.2. The second-order valence-corrected chi connectivity index (χ2v) is 6.55. The molecule has 7 nitrogen and oxygen atoms in total. The monoisotopic (exact) mass is 390 g/mol. The summed E-state index contributed by atoms with van der Waals surface area (Å²) in [7, 11) is 0. The third-order valence-corrected chi connectivity index (χ3v) is 4.42. The molecule has 0 saturated carbocycles. The number of nitrogens with zero attached hydrogens (tertiary/aromatic N) is 3. The SMILES string of the molecule is CCOC(=O)C(=O)Nc1cc(C)nn1-c1nc(-c2ccc(Cl)cc2)cs1. The minimum Gasteiger partial charge on any atom is -0.459 e. The average molecular weight is 391 g/mol. The number of anilines is 1. The van der Waals surface area contributed by atoms with Crippen LogP contribution in [0.4, 0.5) is 5.82 Å². The summed E-state index contributed by atoms with van der Waals surface area (Å²) in [6.45, 7) is 3.54. The van der Waals surface area contributed by atoms with Gasteiger partial charge in [-0.1, -0.05) is 23.7 Å². The highest BCUT2D eigenvalue weighted by molar-refractivity contribution is 7.12. The molecule has 0 aliphatic carbocycles. The van der Waals surface area contributed by atoms with Gasteiger partial charge >= 0.3 is 11.9 Å². The lowest BCUT2D eigenvalue weighted by Crippen LogP contribution is -2.26. The molecule has 3 aromatic rings. The molecule has 2 heterocycles. The van der Waals surface area contributed by atoms with Crippen molar-refractivity contribution < 1.29 is 14.3 Å². The van der Waals surface area contributed by atoms with Gasteiger partial charge in [0.25, 0.3) is 0 Å². The van der Waals surface area contributed by atoms with Gasteiger partial charge in [-0.15, -0.1) is 11.3 Å². The molecule has 1 aromatic carbocycles. The maximum absolute atomic E-state index is 11.9. The summed E-state index contributed by atoms with van der Waals surface area (Å²) < 4.78 is 6.18. The van der Waals surface area contributed by atoms with Crippen LogP contribution in [0.2, 0.25) is 5.02 Å². The van der Waals surface area contributed by atoms with E-state index in [0.717, 1.165) is 11.3 Å². The van der Waals surface area contributed by atoms with Crippen molar-refractivity contribution in [2.24, 2.45) is 0 Å². The minimum absolute atomic E-state index is 0.126. The molecular weight excluding hydrogens is 376 g/mol. The van der Waals surface area contributed by atoms with Crippen molar-refractivity contribution in [3.05, 3.63) is 46.4 Å². The van der Waals surface area contributed by atoms with Crippen LogP contribution in [-0.2, 0) is 14.3 Å². The fourth-order valence-electron chi connectivity index (χ4n) is 2.21. The van der Waals surface area contributed by atoms with Crippen LogP contribution >= 0.6 is 22.9 Å². The number of esters is 1. The minimum atomic E-state index is -0.945. The third kappa shape index (κ3) is 3.92. The molecule has 0 aliphatic heterocycles. The highest BCUT2D eigenvalue weighted by Crippen LogP contribution is 2.27. The van der Waals surface area contributed by atoms with Crippen LogP contribution in [0.1, 0.15) is 12.6 Å². The van der Waals surface area contributed by atoms with Gasteiger partial charge in [0.1, 0.15) is 5.82 Å². The van der Waals surface area contributed by atoms with Gasteiger partial charge in [0, 0.05) is 22.0 Å². The van der Waals surface area contributed by atoms with Crippen LogP contribution < -0.4 is 5.32 Å². The van der Waals surface area contributed by atoms with Crippen LogP contribution in [0.3, 0.4) is 0 Å². The Balaban J connectivity index is 1.87. The van der Waals surface area contributed by atoms with Gasteiger partial charge < -0.3 is 10.1 Å². The average Bonchev–Trinajstić information content (AvgIpc) is 3.22. The standard InChI is InChI=1S/C17H15ClN4O3S/c1-3-25-16(24)15(23)20-14-8-10(2)21-22(14)17-19-13(9-26-17)11-4-6-12(18)7-5-11/h4-9H,3H2,1-2H3,(H,20,23). The number of amides is 1. The largest absolute Gasteiger partial charge is 0.459 e. The van der Waals surface area contributed by atoms with Gasteiger partial charge in [-0.25, -0.2) is 9.78 Å². The highest BCUT2D eigenvalue weighted by Gasteiger charge is 2.19. The van der Waals surface area contributed by atoms with Crippen LogP contribution in [0, 0.1) is 6.92 Å². The molecule has 1 N–H and O–H groups in total. The maximum atomic E-state index is 11.9. The first-order valence-corrected chi connectivity index (χ1v) is 9.00. The van der Waals surface area contributed by atoms with E-state index >= 15 is 0 Å². The highest BCUT2D eigenvalue weighted by atomic mass is 35.5. The molecule has 0 fully saturated rings. The van der Waals surface area contributed by atoms with Gasteiger partial charge in [0.2, 0.25) is 5.13 Å². The Bertz CT molecular complexity index is 949. The summed E-state index contributed by atoms with van der Waals surface area (Å²) in [6.07, 6.45) is 0. The van der Waals surface area contributed by atoms with Crippen molar-refractivity contribution in [2.75, 3.05) is 11.9 Å². The zero-order valence-corrected chi connectivity index (χ0v) is 15.6. The number of rotatable bonds is 4. The number of carbonyl (C=O) groups is 2. The molecule has 0 unspecified atom stereocenters. The number of hydrogen-bond acceptors (Lipinski definition) is 6. The normalized spacial score (nSPS) is 10.6. The van der Waals surface area contributed by atoms with E-state index in [1.54, 1.807) is 32.0 Å². The molecule has 1 amide bonds. The summed E-state index contributed by atoms with van der Waals surface area (Å²) in [6, 6.07) is 8.98. The first-order chi connectivity index (χ1) is 12.5. The number of aryl methyl sites for hydroxylation is 1. The first kappa shape index (κ1) is 18.1. The number of ether oxygens (including phenoxy) is 1. The maximum Gasteiger partial charge on any atom is 0.397 e. The molecule has 0 radical (unpaired) electrons. The van der Waals surface area contributed by atoms with Crippen molar-refractivity contribution in [3.8, 4) is 16.4 Å². The molecule has 9 heteroatoms. The number of halogens is 1. The Morgan fingerprint density at radius 1 is 1.31 bits per heavy atom. The summed E-state index contributed by atoms with van der Waals surface area (Å²) in [5.74, 6) is -1.46. The number of benzene rings is 1. The molecule has 26 heavy (non-hydrogen) atoms. The van der Waals surface area contributed by atoms with Crippen molar-refractivity contribution in [1.82, 2.24) is 14.8 Å². The number of aromatic nitrogens is 3. The molecule has 0 bridgehead atoms. The molecule has 0 aliphatic rings. The van der Waals surface area contributed by atoms with Crippen LogP contribution in [0.5, 0.6) is 0 Å². The Morgan fingerprint density at radius 3 is 2.73 bits per heavy atom. The molecule has 134 valence electrons. The summed E-state index contributed by atoms with van der Waals surface area (Å²) >= 11 is 7.27. The molecule has 0 atom stereocenters. The van der Waals surface area contributed by atoms with Crippen molar-refractivity contribution >= 4 is 40.6 Å². The zero-order valence-electron chi connectivity index (χ0n) is 14.0. The summed E-state index contributed by atoms with van der Waals surface area (Å²) in [4.78, 5) is 28.0. The molecule has 0 spiro atoms. The summed E-state index contributed by atoms with van der Waals surface area (Å²) in [5.41, 5.74) is 2.35. The van der Waals surface area contributed by atoms with Gasteiger partial charge in [-0.2, -0.15) is 9.78 Å². The van der Waals surface area contributed by atoms with Crippen LogP contribution in [-0.4, -0.2) is 33.2 Å². The van der Waals surface area contributed by atoms with E-state index in [2.05, 4.69) is 15.4 Å². The number of carbonyl (C=O) groups excluding carboxylic acids is 2. The second kappa shape index (κ2) is 7.67. The quantitative estimate of drug-likeness (QED) is 0.544. The number of thiazole rings is 1. The van der Waals surface area contributed by atoms with Gasteiger partial charge in [0.15, 0.2) is 0 Å². The lowest BCUT2D eigenvalue weighted by molar-refractivity contribution is -0.152. The predicted molar refractivity (Wildman–Crippen MR) is 99.7 cm³/mol. The lowest BCUT2D eigenvalue weighted by Gasteiger charge is -2.05. The Kier molecular flexibility index (Phi) is 5.34. The fraction of sp³-hybridized carbons (Fsp3) is 0.176.